The maximum absolute atomic E-state index is 12.4. The fourth-order valence-corrected chi connectivity index (χ4v) is 1.47. The molecule has 90 valence electrons. The van der Waals surface area contributed by atoms with Crippen LogP contribution >= 0.6 is 0 Å². The van der Waals surface area contributed by atoms with E-state index in [-0.39, 0.29) is 10.9 Å². The molecule has 0 aliphatic heterocycles. The Morgan fingerprint density at radius 1 is 1.29 bits per heavy atom. The van der Waals surface area contributed by atoms with Gasteiger partial charge in [0, 0.05) is 5.39 Å². The maximum atomic E-state index is 12.4. The normalized spacial score (nSPS) is 11.9. The summed E-state index contributed by atoms with van der Waals surface area (Å²) in [5.41, 5.74) is 2.99. The minimum absolute atomic E-state index is 0.0649. The van der Waals surface area contributed by atoms with Crippen molar-refractivity contribution in [2.24, 2.45) is 0 Å². The van der Waals surface area contributed by atoms with Gasteiger partial charge in [-0.05, 0) is 18.2 Å². The average molecular weight is 244 g/mol. The largest absolute Gasteiger partial charge is 0.505 e. The molecular formula is C10H7F3N2O2. The highest BCUT2D eigenvalue weighted by Gasteiger charge is 2.30. The van der Waals surface area contributed by atoms with Gasteiger partial charge in [-0.3, -0.25) is 4.79 Å². The smallest absolute Gasteiger partial charge is 0.416 e. The molecule has 0 saturated heterocycles. The Bertz CT molecular complexity index is 646. The van der Waals surface area contributed by atoms with Crippen molar-refractivity contribution in [2.45, 2.75) is 6.18 Å². The van der Waals surface area contributed by atoms with E-state index in [0.717, 1.165) is 18.2 Å². The number of anilines is 1. The Hall–Kier alpha value is -2.18. The molecule has 7 heteroatoms. The summed E-state index contributed by atoms with van der Waals surface area (Å²) in [6.07, 6.45) is -4.51. The highest BCUT2D eigenvalue weighted by molar-refractivity contribution is 5.89. The van der Waals surface area contributed by atoms with E-state index in [9.17, 15) is 23.1 Å². The Morgan fingerprint density at radius 3 is 2.53 bits per heavy atom. The van der Waals surface area contributed by atoms with Crippen molar-refractivity contribution >= 4 is 16.6 Å². The number of pyridine rings is 1. The Kier molecular flexibility index (Phi) is 2.27. The van der Waals surface area contributed by atoms with Gasteiger partial charge in [0.2, 0.25) is 0 Å². The van der Waals surface area contributed by atoms with Crippen molar-refractivity contribution in [3.8, 4) is 5.75 Å². The molecule has 4 N–H and O–H groups in total. The lowest BCUT2D eigenvalue weighted by Crippen LogP contribution is -2.12. The van der Waals surface area contributed by atoms with Gasteiger partial charge >= 0.3 is 6.18 Å². The number of aromatic nitrogens is 1. The van der Waals surface area contributed by atoms with E-state index in [1.165, 1.54) is 0 Å². The van der Waals surface area contributed by atoms with Gasteiger partial charge in [-0.25, -0.2) is 0 Å². The van der Waals surface area contributed by atoms with Gasteiger partial charge in [-0.15, -0.1) is 0 Å². The van der Waals surface area contributed by atoms with Crippen LogP contribution in [0.4, 0.5) is 18.9 Å². The molecule has 0 saturated carbocycles. The van der Waals surface area contributed by atoms with Crippen LogP contribution in [0.1, 0.15) is 5.56 Å². The number of nitrogens with one attached hydrogen (secondary N) is 1. The SMILES string of the molecule is Nc1c(O)c2ccc(C(F)(F)F)cc2[nH]c1=O. The van der Waals surface area contributed by atoms with Crippen molar-refractivity contribution in [1.82, 2.24) is 4.98 Å². The van der Waals surface area contributed by atoms with Crippen molar-refractivity contribution in [3.05, 3.63) is 34.1 Å². The summed E-state index contributed by atoms with van der Waals surface area (Å²) in [6, 6.07) is 2.61. The molecule has 2 aromatic rings. The lowest BCUT2D eigenvalue weighted by Gasteiger charge is -2.09. The average Bonchev–Trinajstić information content (AvgIpc) is 2.24. The van der Waals surface area contributed by atoms with Crippen molar-refractivity contribution in [3.63, 3.8) is 0 Å². The van der Waals surface area contributed by atoms with Crippen LogP contribution in [0, 0.1) is 0 Å². The fraction of sp³-hybridized carbons (Fsp3) is 0.100. The summed E-state index contributed by atoms with van der Waals surface area (Å²) in [7, 11) is 0. The second-order valence-corrected chi connectivity index (χ2v) is 3.47. The number of benzene rings is 1. The van der Waals surface area contributed by atoms with Crippen LogP contribution in [-0.2, 0) is 6.18 Å². The van der Waals surface area contributed by atoms with Gasteiger partial charge in [0.15, 0.2) is 5.75 Å². The molecule has 0 radical (unpaired) electrons. The molecule has 0 spiro atoms. The van der Waals surface area contributed by atoms with E-state index in [0.29, 0.717) is 0 Å². The maximum Gasteiger partial charge on any atom is 0.416 e. The number of aromatic amines is 1. The molecular weight excluding hydrogens is 237 g/mol. The van der Waals surface area contributed by atoms with Crippen LogP contribution in [0.2, 0.25) is 0 Å². The first-order valence-electron chi connectivity index (χ1n) is 4.52. The van der Waals surface area contributed by atoms with Crippen LogP contribution in [-0.4, -0.2) is 10.1 Å². The number of halogens is 3. The molecule has 1 aromatic heterocycles. The van der Waals surface area contributed by atoms with Crippen molar-refractivity contribution < 1.29 is 18.3 Å². The lowest BCUT2D eigenvalue weighted by molar-refractivity contribution is -0.137. The first-order chi connectivity index (χ1) is 7.80. The van der Waals surface area contributed by atoms with Gasteiger partial charge in [-0.1, -0.05) is 0 Å². The third-order valence-corrected chi connectivity index (χ3v) is 2.35. The van der Waals surface area contributed by atoms with Gasteiger partial charge in [-0.2, -0.15) is 13.2 Å². The van der Waals surface area contributed by atoms with E-state index in [1.807, 2.05) is 0 Å². The molecule has 4 nitrogen and oxygen atoms in total. The number of fused-ring (bicyclic) bond motifs is 1. The second kappa shape index (κ2) is 3.41. The zero-order valence-corrected chi connectivity index (χ0v) is 8.30. The van der Waals surface area contributed by atoms with Crippen LogP contribution in [0.25, 0.3) is 10.9 Å². The van der Waals surface area contributed by atoms with E-state index >= 15 is 0 Å². The highest BCUT2D eigenvalue weighted by atomic mass is 19.4. The Morgan fingerprint density at radius 2 is 1.94 bits per heavy atom. The third-order valence-electron chi connectivity index (χ3n) is 2.35. The number of hydrogen-bond acceptors (Lipinski definition) is 3. The van der Waals surface area contributed by atoms with Gasteiger partial charge in [0.05, 0.1) is 11.1 Å². The van der Waals surface area contributed by atoms with E-state index in [4.69, 9.17) is 5.73 Å². The molecule has 0 aliphatic rings. The summed E-state index contributed by atoms with van der Waals surface area (Å²) in [5, 5.41) is 9.57. The zero-order valence-electron chi connectivity index (χ0n) is 8.30. The van der Waals surface area contributed by atoms with E-state index in [2.05, 4.69) is 4.98 Å². The Labute approximate surface area is 92.5 Å². The van der Waals surface area contributed by atoms with Crippen LogP contribution in [0.5, 0.6) is 5.75 Å². The molecule has 0 unspecified atom stereocenters. The molecule has 0 aliphatic carbocycles. The monoisotopic (exact) mass is 244 g/mol. The second-order valence-electron chi connectivity index (χ2n) is 3.47. The zero-order chi connectivity index (χ0) is 12.8. The quantitative estimate of drug-likeness (QED) is 0.661. The summed E-state index contributed by atoms with van der Waals surface area (Å²) in [4.78, 5) is 13.4. The number of nitrogens with two attached hydrogens (primary N) is 1. The predicted molar refractivity (Wildman–Crippen MR) is 55.6 cm³/mol. The molecule has 2 rings (SSSR count). The minimum Gasteiger partial charge on any atom is -0.505 e. The van der Waals surface area contributed by atoms with Crippen LogP contribution in [0.15, 0.2) is 23.0 Å². The van der Waals surface area contributed by atoms with Crippen LogP contribution in [0.3, 0.4) is 0 Å². The number of H-pyrrole nitrogens is 1. The highest BCUT2D eigenvalue weighted by Crippen LogP contribution is 2.33. The van der Waals surface area contributed by atoms with E-state index < -0.39 is 28.7 Å². The number of aromatic hydroxyl groups is 1. The third kappa shape index (κ3) is 1.79. The van der Waals surface area contributed by atoms with Crippen LogP contribution < -0.4 is 11.3 Å². The molecule has 1 aromatic carbocycles. The first-order valence-corrected chi connectivity index (χ1v) is 4.52. The summed E-state index contributed by atoms with van der Waals surface area (Å²) < 4.78 is 37.3. The van der Waals surface area contributed by atoms with Gasteiger partial charge in [0.1, 0.15) is 5.69 Å². The number of alkyl halides is 3. The predicted octanol–water partition coefficient (Wildman–Crippen LogP) is 1.83. The number of hydrogen-bond donors (Lipinski definition) is 3. The molecule has 17 heavy (non-hydrogen) atoms. The minimum atomic E-state index is -4.51. The molecule has 1 heterocycles. The van der Waals surface area contributed by atoms with Gasteiger partial charge in [0.25, 0.3) is 5.56 Å². The Balaban J connectivity index is 2.81. The standard InChI is InChI=1S/C10H7F3N2O2/c11-10(12,13)4-1-2-5-6(3-4)15-9(17)7(14)8(5)16/h1-3H,14H2,(H2,15,16,17). The molecule has 0 atom stereocenters. The molecule has 0 amide bonds. The molecule has 0 bridgehead atoms. The topological polar surface area (TPSA) is 79.1 Å². The summed E-state index contributed by atoms with van der Waals surface area (Å²) >= 11 is 0. The first kappa shape index (κ1) is 11.3. The number of rotatable bonds is 0. The number of nitrogen functional groups attached to an aromatic ring is 1. The molecule has 0 fully saturated rings. The lowest BCUT2D eigenvalue weighted by atomic mass is 10.1. The van der Waals surface area contributed by atoms with Gasteiger partial charge < -0.3 is 15.8 Å². The summed E-state index contributed by atoms with van der Waals surface area (Å²) in [6.45, 7) is 0. The fourth-order valence-electron chi connectivity index (χ4n) is 1.47. The summed E-state index contributed by atoms with van der Waals surface area (Å²) in [5.74, 6) is -0.516. The van der Waals surface area contributed by atoms with Crippen molar-refractivity contribution in [2.75, 3.05) is 5.73 Å². The van der Waals surface area contributed by atoms with Crippen molar-refractivity contribution in [1.29, 1.82) is 0 Å². The van der Waals surface area contributed by atoms with E-state index in [1.54, 1.807) is 0 Å².